The second kappa shape index (κ2) is 5.48. The number of aryl methyl sites for hydroxylation is 1. The van der Waals surface area contributed by atoms with E-state index in [0.717, 1.165) is 0 Å². The average molecular weight is 259 g/mol. The van der Waals surface area contributed by atoms with Crippen LogP contribution in [0.5, 0.6) is 5.75 Å². The second-order valence-corrected chi connectivity index (χ2v) is 5.52. The summed E-state index contributed by atoms with van der Waals surface area (Å²) in [7, 11) is -2.07. The largest absolute Gasteiger partial charge is 0.497 e. The van der Waals surface area contributed by atoms with E-state index in [2.05, 4.69) is 4.72 Å². The molecule has 0 aliphatic heterocycles. The monoisotopic (exact) mass is 259 g/mol. The first kappa shape index (κ1) is 14.0. The zero-order chi connectivity index (χ0) is 13.1. The van der Waals surface area contributed by atoms with E-state index >= 15 is 0 Å². The Hall–Kier alpha value is -1.11. The maximum absolute atomic E-state index is 12.0. The zero-order valence-electron chi connectivity index (χ0n) is 10.1. The maximum Gasteiger partial charge on any atom is 0.241 e. The van der Waals surface area contributed by atoms with E-state index in [1.807, 2.05) is 0 Å². The summed E-state index contributed by atoms with van der Waals surface area (Å²) < 4.78 is 31.3. The molecule has 1 rings (SSSR count). The summed E-state index contributed by atoms with van der Waals surface area (Å²) in [6, 6.07) is 4.21. The molecule has 0 amide bonds. The Morgan fingerprint density at radius 1 is 1.47 bits per heavy atom. The minimum atomic E-state index is -3.59. The molecule has 1 unspecified atom stereocenters. The second-order valence-electron chi connectivity index (χ2n) is 3.84. The first-order valence-corrected chi connectivity index (χ1v) is 6.67. The van der Waals surface area contributed by atoms with Crippen molar-refractivity contribution < 1.29 is 18.3 Å². The van der Waals surface area contributed by atoms with Gasteiger partial charge in [-0.25, -0.2) is 13.1 Å². The standard InChI is InChI=1S/C11H17NO4S/c1-8-6-10(16-3)4-5-11(8)17(14,15)12-9(2)7-13/h4-6,9,12-13H,7H2,1-3H3. The van der Waals surface area contributed by atoms with Gasteiger partial charge >= 0.3 is 0 Å². The normalized spacial score (nSPS) is 13.4. The fourth-order valence-electron chi connectivity index (χ4n) is 1.42. The van der Waals surface area contributed by atoms with Crippen LogP contribution in [0.3, 0.4) is 0 Å². The van der Waals surface area contributed by atoms with Crippen LogP contribution < -0.4 is 9.46 Å². The van der Waals surface area contributed by atoms with Gasteiger partial charge < -0.3 is 9.84 Å². The van der Waals surface area contributed by atoms with E-state index in [4.69, 9.17) is 9.84 Å². The van der Waals surface area contributed by atoms with E-state index in [9.17, 15) is 8.42 Å². The number of benzene rings is 1. The van der Waals surface area contributed by atoms with Crippen LogP contribution in [-0.2, 0) is 10.0 Å². The minimum Gasteiger partial charge on any atom is -0.497 e. The van der Waals surface area contributed by atoms with E-state index in [1.165, 1.54) is 13.2 Å². The van der Waals surface area contributed by atoms with Gasteiger partial charge in [0.2, 0.25) is 10.0 Å². The number of aliphatic hydroxyl groups is 1. The Morgan fingerprint density at radius 2 is 2.12 bits per heavy atom. The summed E-state index contributed by atoms with van der Waals surface area (Å²) >= 11 is 0. The van der Waals surface area contributed by atoms with Gasteiger partial charge in [0.05, 0.1) is 18.6 Å². The number of aliphatic hydroxyl groups excluding tert-OH is 1. The van der Waals surface area contributed by atoms with Crippen LogP contribution in [0, 0.1) is 6.92 Å². The molecule has 2 N–H and O–H groups in total. The zero-order valence-corrected chi connectivity index (χ0v) is 10.9. The van der Waals surface area contributed by atoms with Crippen molar-refractivity contribution in [3.63, 3.8) is 0 Å². The highest BCUT2D eigenvalue weighted by atomic mass is 32.2. The summed E-state index contributed by atoms with van der Waals surface area (Å²) in [6.45, 7) is 3.05. The first-order chi connectivity index (χ1) is 7.90. The highest BCUT2D eigenvalue weighted by Gasteiger charge is 2.19. The molecule has 0 saturated carbocycles. The number of methoxy groups -OCH3 is 1. The fourth-order valence-corrected chi connectivity index (χ4v) is 2.88. The molecule has 1 aromatic carbocycles. The number of rotatable bonds is 5. The molecule has 0 bridgehead atoms. The first-order valence-electron chi connectivity index (χ1n) is 5.18. The lowest BCUT2D eigenvalue weighted by Crippen LogP contribution is -2.35. The molecule has 96 valence electrons. The minimum absolute atomic E-state index is 0.193. The van der Waals surface area contributed by atoms with Crippen LogP contribution in [0.4, 0.5) is 0 Å². The summed E-state index contributed by atoms with van der Waals surface area (Å²) in [5, 5.41) is 8.85. The Kier molecular flexibility index (Phi) is 4.50. The predicted molar refractivity (Wildman–Crippen MR) is 64.6 cm³/mol. The summed E-state index contributed by atoms with van der Waals surface area (Å²) in [5.74, 6) is 0.608. The van der Waals surface area contributed by atoms with Gasteiger partial charge in [0.1, 0.15) is 5.75 Å². The van der Waals surface area contributed by atoms with Crippen LogP contribution >= 0.6 is 0 Å². The van der Waals surface area contributed by atoms with E-state index in [1.54, 1.807) is 26.0 Å². The molecule has 0 aliphatic carbocycles. The lowest BCUT2D eigenvalue weighted by atomic mass is 10.2. The molecular formula is C11H17NO4S. The van der Waals surface area contributed by atoms with Crippen LogP contribution in [0.25, 0.3) is 0 Å². The third-order valence-electron chi connectivity index (χ3n) is 2.30. The van der Waals surface area contributed by atoms with Crippen LogP contribution in [0.15, 0.2) is 23.1 Å². The van der Waals surface area contributed by atoms with Gasteiger partial charge in [-0.15, -0.1) is 0 Å². The van der Waals surface area contributed by atoms with Crippen molar-refractivity contribution >= 4 is 10.0 Å². The van der Waals surface area contributed by atoms with Crippen molar-refractivity contribution in [3.8, 4) is 5.75 Å². The van der Waals surface area contributed by atoms with Crippen molar-refractivity contribution in [1.82, 2.24) is 4.72 Å². The molecule has 1 aromatic rings. The van der Waals surface area contributed by atoms with E-state index in [-0.39, 0.29) is 11.5 Å². The quantitative estimate of drug-likeness (QED) is 0.814. The summed E-state index contributed by atoms with van der Waals surface area (Å²) in [4.78, 5) is 0.193. The molecule has 0 spiro atoms. The average Bonchev–Trinajstić information content (AvgIpc) is 2.27. The van der Waals surface area contributed by atoms with E-state index in [0.29, 0.717) is 11.3 Å². The lowest BCUT2D eigenvalue weighted by molar-refractivity contribution is 0.265. The Bertz CT molecular complexity index is 484. The molecule has 0 aromatic heterocycles. The third kappa shape index (κ3) is 3.42. The molecular weight excluding hydrogens is 242 g/mol. The fraction of sp³-hybridized carbons (Fsp3) is 0.455. The predicted octanol–water partition coefficient (Wildman–Crippen LogP) is 0.663. The molecule has 0 radical (unpaired) electrons. The highest BCUT2D eigenvalue weighted by Crippen LogP contribution is 2.20. The van der Waals surface area contributed by atoms with Gasteiger partial charge in [0, 0.05) is 6.04 Å². The maximum atomic E-state index is 12.0. The van der Waals surface area contributed by atoms with Gasteiger partial charge in [-0.2, -0.15) is 0 Å². The molecule has 0 aliphatic rings. The molecule has 1 atom stereocenters. The van der Waals surface area contributed by atoms with E-state index < -0.39 is 16.1 Å². The van der Waals surface area contributed by atoms with Crippen LogP contribution in [0.1, 0.15) is 12.5 Å². The topological polar surface area (TPSA) is 75.6 Å². The van der Waals surface area contributed by atoms with Gasteiger partial charge in [-0.1, -0.05) is 0 Å². The van der Waals surface area contributed by atoms with Gasteiger partial charge in [-0.3, -0.25) is 0 Å². The summed E-state index contributed by atoms with van der Waals surface area (Å²) in [6.07, 6.45) is 0. The highest BCUT2D eigenvalue weighted by molar-refractivity contribution is 7.89. The summed E-state index contributed by atoms with van der Waals surface area (Å²) in [5.41, 5.74) is 0.599. The number of sulfonamides is 1. The lowest BCUT2D eigenvalue weighted by Gasteiger charge is -2.13. The van der Waals surface area contributed by atoms with Crippen molar-refractivity contribution in [2.24, 2.45) is 0 Å². The smallest absolute Gasteiger partial charge is 0.241 e. The van der Waals surface area contributed by atoms with Crippen LogP contribution in [-0.4, -0.2) is 33.3 Å². The molecule has 0 fully saturated rings. The third-order valence-corrected chi connectivity index (χ3v) is 4.05. The van der Waals surface area contributed by atoms with Crippen molar-refractivity contribution in [3.05, 3.63) is 23.8 Å². The Balaban J connectivity index is 3.07. The van der Waals surface area contributed by atoms with Gasteiger partial charge in [0.25, 0.3) is 0 Å². The molecule has 6 heteroatoms. The van der Waals surface area contributed by atoms with Gasteiger partial charge in [0.15, 0.2) is 0 Å². The number of hydrogen-bond donors (Lipinski definition) is 2. The molecule has 0 heterocycles. The Labute approximate surface area is 101 Å². The molecule has 0 saturated heterocycles. The van der Waals surface area contributed by atoms with Crippen molar-refractivity contribution in [2.45, 2.75) is 24.8 Å². The SMILES string of the molecule is COc1ccc(S(=O)(=O)NC(C)CO)c(C)c1. The number of hydrogen-bond acceptors (Lipinski definition) is 4. The molecule has 17 heavy (non-hydrogen) atoms. The van der Waals surface area contributed by atoms with Crippen molar-refractivity contribution in [1.29, 1.82) is 0 Å². The van der Waals surface area contributed by atoms with Crippen LogP contribution in [0.2, 0.25) is 0 Å². The number of nitrogens with one attached hydrogen (secondary N) is 1. The van der Waals surface area contributed by atoms with Gasteiger partial charge in [-0.05, 0) is 37.6 Å². The number of ether oxygens (including phenoxy) is 1. The molecule has 5 nitrogen and oxygen atoms in total. The Morgan fingerprint density at radius 3 is 2.59 bits per heavy atom. The van der Waals surface area contributed by atoms with Crippen molar-refractivity contribution in [2.75, 3.05) is 13.7 Å².